The summed E-state index contributed by atoms with van der Waals surface area (Å²) in [6, 6.07) is 5.46. The number of rotatable bonds is 4. The zero-order valence-electron chi connectivity index (χ0n) is 10.8. The molecule has 7 heteroatoms. The second-order valence-corrected chi connectivity index (χ2v) is 4.95. The number of ether oxygens (including phenoxy) is 1. The van der Waals surface area contributed by atoms with Crippen molar-refractivity contribution in [3.63, 3.8) is 0 Å². The Morgan fingerprint density at radius 2 is 1.95 bits per heavy atom. The Kier molecular flexibility index (Phi) is 4.42. The number of thiazole rings is 1. The molecule has 1 aromatic heterocycles. The highest BCUT2D eigenvalue weighted by atomic mass is 32.1. The first-order valence-electron chi connectivity index (χ1n) is 5.84. The molecule has 0 amide bonds. The van der Waals surface area contributed by atoms with E-state index in [0.717, 1.165) is 0 Å². The maximum Gasteiger partial charge on any atom is 0.573 e. The highest BCUT2D eigenvalue weighted by molar-refractivity contribution is 7.13. The van der Waals surface area contributed by atoms with Gasteiger partial charge in [0.15, 0.2) is 5.78 Å². The summed E-state index contributed by atoms with van der Waals surface area (Å²) in [6.07, 6.45) is -1.71. The molecule has 3 nitrogen and oxygen atoms in total. The Morgan fingerprint density at radius 1 is 1.29 bits per heavy atom. The Balaban J connectivity index is 2.14. The van der Waals surface area contributed by atoms with Gasteiger partial charge in [0.2, 0.25) is 0 Å². The molecule has 0 saturated heterocycles. The van der Waals surface area contributed by atoms with Crippen LogP contribution in [0.25, 0.3) is 16.6 Å². The first-order valence-corrected chi connectivity index (χ1v) is 6.72. The summed E-state index contributed by atoms with van der Waals surface area (Å²) >= 11 is 1.34. The highest BCUT2D eigenvalue weighted by Gasteiger charge is 2.30. The molecule has 2 aromatic rings. The molecular formula is C14H10F3NO2S. The average molecular weight is 313 g/mol. The Bertz CT molecular complexity index is 660. The molecule has 21 heavy (non-hydrogen) atoms. The number of aromatic nitrogens is 1. The van der Waals surface area contributed by atoms with Crippen molar-refractivity contribution in [1.29, 1.82) is 0 Å². The minimum atomic E-state index is -4.70. The molecule has 0 bridgehead atoms. The number of nitrogens with zero attached hydrogens (tertiary/aromatic N) is 1. The van der Waals surface area contributed by atoms with Gasteiger partial charge in [-0.1, -0.05) is 0 Å². The van der Waals surface area contributed by atoms with E-state index in [2.05, 4.69) is 9.72 Å². The van der Waals surface area contributed by atoms with Crippen molar-refractivity contribution in [3.8, 4) is 16.3 Å². The molecule has 2 rings (SSSR count). The fourth-order valence-corrected chi connectivity index (χ4v) is 2.29. The molecular weight excluding hydrogens is 303 g/mol. The molecule has 110 valence electrons. The Hall–Kier alpha value is -2.15. The number of hydrogen-bond acceptors (Lipinski definition) is 4. The monoisotopic (exact) mass is 313 g/mol. The molecule has 0 radical (unpaired) electrons. The van der Waals surface area contributed by atoms with Gasteiger partial charge in [-0.3, -0.25) is 4.79 Å². The van der Waals surface area contributed by atoms with Gasteiger partial charge in [-0.2, -0.15) is 0 Å². The Morgan fingerprint density at radius 3 is 2.52 bits per heavy atom. The van der Waals surface area contributed by atoms with Gasteiger partial charge >= 0.3 is 6.36 Å². The molecule has 0 unspecified atom stereocenters. The van der Waals surface area contributed by atoms with E-state index in [-0.39, 0.29) is 11.5 Å². The summed E-state index contributed by atoms with van der Waals surface area (Å²) in [5.41, 5.74) is 1.30. The lowest BCUT2D eigenvalue weighted by Crippen LogP contribution is -2.16. The lowest BCUT2D eigenvalue weighted by molar-refractivity contribution is -0.274. The van der Waals surface area contributed by atoms with Crippen LogP contribution in [-0.4, -0.2) is 17.1 Å². The lowest BCUT2D eigenvalue weighted by atomic mass is 10.2. The predicted molar refractivity (Wildman–Crippen MR) is 73.9 cm³/mol. The van der Waals surface area contributed by atoms with Crippen LogP contribution < -0.4 is 4.74 Å². The van der Waals surface area contributed by atoms with Gasteiger partial charge in [0.05, 0.1) is 5.69 Å². The third-order valence-electron chi connectivity index (χ3n) is 2.35. The molecule has 0 N–H and O–H groups in total. The van der Waals surface area contributed by atoms with E-state index in [1.165, 1.54) is 48.6 Å². The molecule has 0 aliphatic heterocycles. The van der Waals surface area contributed by atoms with Gasteiger partial charge in [-0.25, -0.2) is 4.98 Å². The SMILES string of the molecule is CC(=O)/C=C/c1csc(-c2ccc(OC(F)(F)F)cc2)n1. The number of allylic oxidation sites excluding steroid dienone is 1. The smallest absolute Gasteiger partial charge is 0.406 e. The number of hydrogen-bond donors (Lipinski definition) is 0. The van der Waals surface area contributed by atoms with Crippen LogP contribution in [0.5, 0.6) is 5.75 Å². The summed E-state index contributed by atoms with van der Waals surface area (Å²) in [5.74, 6) is -0.363. The second kappa shape index (κ2) is 6.09. The quantitative estimate of drug-likeness (QED) is 0.790. The van der Waals surface area contributed by atoms with Crippen LogP contribution in [0, 0.1) is 0 Å². The maximum atomic E-state index is 12.1. The average Bonchev–Trinajstić information content (AvgIpc) is 2.84. The largest absolute Gasteiger partial charge is 0.573 e. The van der Waals surface area contributed by atoms with Gasteiger partial charge in [0, 0.05) is 10.9 Å². The van der Waals surface area contributed by atoms with Crippen LogP contribution in [0.4, 0.5) is 13.2 Å². The normalized spacial score (nSPS) is 11.8. The van der Waals surface area contributed by atoms with E-state index >= 15 is 0 Å². The van der Waals surface area contributed by atoms with Gasteiger partial charge < -0.3 is 4.74 Å². The lowest BCUT2D eigenvalue weighted by Gasteiger charge is -2.08. The standard InChI is InChI=1S/C14H10F3NO2S/c1-9(19)2-5-11-8-21-13(18-11)10-3-6-12(7-4-10)20-14(15,16)17/h2-8H,1H3/b5-2+. The first-order chi connectivity index (χ1) is 9.83. The van der Waals surface area contributed by atoms with Crippen molar-refractivity contribution in [2.75, 3.05) is 0 Å². The maximum absolute atomic E-state index is 12.1. The summed E-state index contributed by atoms with van der Waals surface area (Å²) in [5, 5.41) is 2.41. The van der Waals surface area contributed by atoms with Crippen molar-refractivity contribution in [3.05, 3.63) is 41.4 Å². The highest BCUT2D eigenvalue weighted by Crippen LogP contribution is 2.28. The predicted octanol–water partition coefficient (Wildman–Crippen LogP) is 4.31. The number of benzene rings is 1. The number of halogens is 3. The van der Waals surface area contributed by atoms with Crippen molar-refractivity contribution in [2.24, 2.45) is 0 Å². The molecule has 0 atom stereocenters. The van der Waals surface area contributed by atoms with Gasteiger partial charge in [0.1, 0.15) is 10.8 Å². The van der Waals surface area contributed by atoms with Gasteiger partial charge in [0.25, 0.3) is 0 Å². The van der Waals surface area contributed by atoms with E-state index < -0.39 is 6.36 Å². The second-order valence-electron chi connectivity index (χ2n) is 4.09. The van der Waals surface area contributed by atoms with Crippen LogP contribution in [0.2, 0.25) is 0 Å². The minimum Gasteiger partial charge on any atom is -0.406 e. The fourth-order valence-electron chi connectivity index (χ4n) is 1.50. The summed E-state index contributed by atoms with van der Waals surface area (Å²) in [6.45, 7) is 1.43. The topological polar surface area (TPSA) is 39.2 Å². The molecule has 1 aromatic carbocycles. The van der Waals surface area contributed by atoms with Crippen LogP contribution in [0.1, 0.15) is 12.6 Å². The minimum absolute atomic E-state index is 0.0850. The zero-order valence-corrected chi connectivity index (χ0v) is 11.7. The van der Waals surface area contributed by atoms with Crippen molar-refractivity contribution < 1.29 is 22.7 Å². The molecule has 0 aliphatic carbocycles. The number of ketones is 1. The number of carbonyl (C=O) groups is 1. The van der Waals surface area contributed by atoms with Gasteiger partial charge in [-0.05, 0) is 43.3 Å². The zero-order chi connectivity index (χ0) is 15.5. The number of alkyl halides is 3. The van der Waals surface area contributed by atoms with E-state index in [0.29, 0.717) is 16.3 Å². The van der Waals surface area contributed by atoms with Crippen LogP contribution in [0.15, 0.2) is 35.7 Å². The molecule has 1 heterocycles. The van der Waals surface area contributed by atoms with E-state index in [1.807, 2.05) is 0 Å². The van der Waals surface area contributed by atoms with E-state index in [1.54, 1.807) is 11.5 Å². The van der Waals surface area contributed by atoms with E-state index in [9.17, 15) is 18.0 Å². The van der Waals surface area contributed by atoms with Crippen LogP contribution >= 0.6 is 11.3 Å². The third-order valence-corrected chi connectivity index (χ3v) is 3.26. The molecule has 0 aliphatic rings. The van der Waals surface area contributed by atoms with Crippen LogP contribution in [-0.2, 0) is 4.79 Å². The number of carbonyl (C=O) groups excluding carboxylic acids is 1. The summed E-state index contributed by atoms with van der Waals surface area (Å²) in [4.78, 5) is 15.1. The molecule has 0 fully saturated rings. The van der Waals surface area contributed by atoms with Crippen LogP contribution in [0.3, 0.4) is 0 Å². The molecule has 0 spiro atoms. The molecule has 0 saturated carbocycles. The summed E-state index contributed by atoms with van der Waals surface area (Å²) < 4.78 is 39.9. The fraction of sp³-hybridized carbons (Fsp3) is 0.143. The van der Waals surface area contributed by atoms with Crippen molar-refractivity contribution in [2.45, 2.75) is 13.3 Å². The summed E-state index contributed by atoms with van der Waals surface area (Å²) in [7, 11) is 0. The first kappa shape index (κ1) is 15.2. The van der Waals surface area contributed by atoms with E-state index in [4.69, 9.17) is 0 Å². The third kappa shape index (κ3) is 4.71. The van der Waals surface area contributed by atoms with Gasteiger partial charge in [-0.15, -0.1) is 24.5 Å². The van der Waals surface area contributed by atoms with Crippen molar-refractivity contribution in [1.82, 2.24) is 4.98 Å². The Labute approximate surface area is 122 Å². The van der Waals surface area contributed by atoms with Crippen molar-refractivity contribution >= 4 is 23.2 Å².